The second-order valence-corrected chi connectivity index (χ2v) is 5.22. The van der Waals surface area contributed by atoms with Crippen molar-refractivity contribution < 1.29 is 4.42 Å². The summed E-state index contributed by atoms with van der Waals surface area (Å²) in [5.41, 5.74) is 5.63. The van der Waals surface area contributed by atoms with Crippen LogP contribution in [0, 0.1) is 6.92 Å². The van der Waals surface area contributed by atoms with Crippen LogP contribution in [-0.2, 0) is 0 Å². The Hall–Kier alpha value is -1.81. The molecule has 1 atom stereocenters. The van der Waals surface area contributed by atoms with Crippen LogP contribution in [0.1, 0.15) is 22.9 Å². The molecule has 0 spiro atoms. The van der Waals surface area contributed by atoms with E-state index in [-0.39, 0.29) is 6.04 Å². The number of hydrogen-bond donors (Lipinski definition) is 2. The number of nitrogens with one attached hydrogen (secondary N) is 1. The lowest BCUT2D eigenvalue weighted by atomic mass is 10.0. The van der Waals surface area contributed by atoms with Gasteiger partial charge in [0.1, 0.15) is 17.4 Å². The fourth-order valence-electron chi connectivity index (χ4n) is 2.34. The van der Waals surface area contributed by atoms with Crippen molar-refractivity contribution in [1.29, 1.82) is 0 Å². The number of halogens is 1. The number of fused-ring (bicyclic) bond motifs is 1. The van der Waals surface area contributed by atoms with Gasteiger partial charge in [-0.25, -0.2) is 5.43 Å². The summed E-state index contributed by atoms with van der Waals surface area (Å²) in [5, 5.41) is 1.72. The molecule has 0 fully saturated rings. The molecule has 3 N–H and O–H groups in total. The highest BCUT2D eigenvalue weighted by Gasteiger charge is 2.19. The Balaban J connectivity index is 2.08. The number of hydrogen-bond acceptors (Lipinski definition) is 3. The lowest BCUT2D eigenvalue weighted by molar-refractivity contribution is 0.477. The molecule has 1 heterocycles. The molecule has 0 radical (unpaired) electrons. The molecule has 0 bridgehead atoms. The zero-order chi connectivity index (χ0) is 14.1. The van der Waals surface area contributed by atoms with Crippen molar-refractivity contribution in [3.05, 3.63) is 70.4 Å². The Morgan fingerprint density at radius 3 is 2.65 bits per heavy atom. The highest BCUT2D eigenvalue weighted by atomic mass is 35.5. The van der Waals surface area contributed by atoms with Crippen molar-refractivity contribution in [2.45, 2.75) is 13.0 Å². The van der Waals surface area contributed by atoms with Gasteiger partial charge in [0.25, 0.3) is 0 Å². The van der Waals surface area contributed by atoms with Crippen LogP contribution in [0.25, 0.3) is 11.0 Å². The summed E-state index contributed by atoms with van der Waals surface area (Å²) in [7, 11) is 0. The van der Waals surface area contributed by atoms with Crippen molar-refractivity contribution >= 4 is 22.6 Å². The second-order valence-electron chi connectivity index (χ2n) is 4.81. The molecule has 3 nitrogen and oxygen atoms in total. The summed E-state index contributed by atoms with van der Waals surface area (Å²) in [5.74, 6) is 6.45. The molecule has 102 valence electrons. The third kappa shape index (κ3) is 2.31. The van der Waals surface area contributed by atoms with E-state index < -0.39 is 0 Å². The minimum Gasteiger partial charge on any atom is -0.459 e. The summed E-state index contributed by atoms with van der Waals surface area (Å²) >= 11 is 6.31. The molecule has 0 aliphatic rings. The average Bonchev–Trinajstić information content (AvgIpc) is 2.85. The highest BCUT2D eigenvalue weighted by molar-refractivity contribution is 6.31. The van der Waals surface area contributed by atoms with Gasteiger partial charge in [-0.2, -0.15) is 0 Å². The maximum Gasteiger partial charge on any atom is 0.134 e. The van der Waals surface area contributed by atoms with E-state index in [4.69, 9.17) is 21.9 Å². The van der Waals surface area contributed by atoms with E-state index >= 15 is 0 Å². The molecule has 0 aliphatic carbocycles. The van der Waals surface area contributed by atoms with E-state index in [1.807, 2.05) is 55.5 Å². The van der Waals surface area contributed by atoms with E-state index in [0.717, 1.165) is 27.9 Å². The van der Waals surface area contributed by atoms with Crippen molar-refractivity contribution in [2.24, 2.45) is 5.84 Å². The summed E-state index contributed by atoms with van der Waals surface area (Å²) in [6.45, 7) is 2.00. The van der Waals surface area contributed by atoms with Gasteiger partial charge in [-0.1, -0.05) is 41.9 Å². The van der Waals surface area contributed by atoms with Gasteiger partial charge in [0, 0.05) is 10.4 Å². The molecular formula is C16H15ClN2O. The van der Waals surface area contributed by atoms with Crippen molar-refractivity contribution in [2.75, 3.05) is 0 Å². The zero-order valence-electron chi connectivity index (χ0n) is 11.1. The van der Waals surface area contributed by atoms with Crippen molar-refractivity contribution in [3.8, 4) is 0 Å². The van der Waals surface area contributed by atoms with Gasteiger partial charge >= 0.3 is 0 Å². The van der Waals surface area contributed by atoms with Crippen LogP contribution in [0.5, 0.6) is 0 Å². The molecule has 4 heteroatoms. The second kappa shape index (κ2) is 5.29. The largest absolute Gasteiger partial charge is 0.459 e. The highest BCUT2D eigenvalue weighted by Crippen LogP contribution is 2.31. The van der Waals surface area contributed by atoms with Gasteiger partial charge < -0.3 is 4.42 Å². The third-order valence-electron chi connectivity index (χ3n) is 3.36. The Morgan fingerprint density at radius 1 is 1.15 bits per heavy atom. The fraction of sp³-hybridized carbons (Fsp3) is 0.125. The standard InChI is InChI=1S/C16H15ClN2O/c1-10-6-7-12(13(17)8-10)16(19-18)15-9-11-4-2-3-5-14(11)20-15/h2-9,16,19H,18H2,1H3. The third-order valence-corrected chi connectivity index (χ3v) is 3.69. The van der Waals surface area contributed by atoms with Gasteiger partial charge in [-0.15, -0.1) is 0 Å². The molecule has 3 rings (SSSR count). The van der Waals surface area contributed by atoms with E-state index in [1.54, 1.807) is 0 Å². The monoisotopic (exact) mass is 286 g/mol. The minimum atomic E-state index is -0.268. The number of rotatable bonds is 3. The SMILES string of the molecule is Cc1ccc(C(NN)c2cc3ccccc3o2)c(Cl)c1. The Kier molecular flexibility index (Phi) is 3.49. The first-order valence-corrected chi connectivity index (χ1v) is 6.77. The van der Waals surface area contributed by atoms with E-state index in [9.17, 15) is 0 Å². The number of furan rings is 1. The van der Waals surface area contributed by atoms with Gasteiger partial charge in [-0.3, -0.25) is 5.84 Å². The van der Waals surface area contributed by atoms with Crippen molar-refractivity contribution in [3.63, 3.8) is 0 Å². The van der Waals surface area contributed by atoms with Gasteiger partial charge in [0.2, 0.25) is 0 Å². The molecule has 0 amide bonds. The number of nitrogens with two attached hydrogens (primary N) is 1. The lowest BCUT2D eigenvalue weighted by Gasteiger charge is -2.15. The summed E-state index contributed by atoms with van der Waals surface area (Å²) in [6, 6.07) is 15.5. The molecule has 0 aliphatic heterocycles. The molecule has 2 aromatic carbocycles. The maximum atomic E-state index is 6.31. The first kappa shape index (κ1) is 13.2. The summed E-state index contributed by atoms with van der Waals surface area (Å²) < 4.78 is 5.86. The molecule has 20 heavy (non-hydrogen) atoms. The van der Waals surface area contributed by atoms with Gasteiger partial charge in [0.05, 0.1) is 0 Å². The quantitative estimate of drug-likeness (QED) is 0.566. The predicted octanol–water partition coefficient (Wildman–Crippen LogP) is 3.95. The summed E-state index contributed by atoms with van der Waals surface area (Å²) in [6.07, 6.45) is 0. The fourth-order valence-corrected chi connectivity index (χ4v) is 2.68. The first-order chi connectivity index (χ1) is 9.69. The Morgan fingerprint density at radius 2 is 1.95 bits per heavy atom. The van der Waals surface area contributed by atoms with E-state index in [2.05, 4.69) is 5.43 Å². The van der Waals surface area contributed by atoms with Crippen LogP contribution in [-0.4, -0.2) is 0 Å². The van der Waals surface area contributed by atoms with Crippen LogP contribution < -0.4 is 11.3 Å². The van der Waals surface area contributed by atoms with Crippen molar-refractivity contribution in [1.82, 2.24) is 5.43 Å². The zero-order valence-corrected chi connectivity index (χ0v) is 11.8. The van der Waals surface area contributed by atoms with Crippen LogP contribution in [0.3, 0.4) is 0 Å². The minimum absolute atomic E-state index is 0.268. The summed E-state index contributed by atoms with van der Waals surface area (Å²) in [4.78, 5) is 0. The van der Waals surface area contributed by atoms with Crippen LogP contribution in [0.2, 0.25) is 5.02 Å². The molecule has 0 saturated heterocycles. The van der Waals surface area contributed by atoms with Gasteiger partial charge in [-0.05, 0) is 36.2 Å². The van der Waals surface area contributed by atoms with E-state index in [1.165, 1.54) is 0 Å². The normalized spacial score (nSPS) is 12.8. The number of benzene rings is 2. The van der Waals surface area contributed by atoms with Gasteiger partial charge in [0.15, 0.2) is 0 Å². The molecular weight excluding hydrogens is 272 g/mol. The first-order valence-electron chi connectivity index (χ1n) is 6.39. The molecule has 0 saturated carbocycles. The number of aryl methyl sites for hydroxylation is 1. The number of para-hydroxylation sites is 1. The smallest absolute Gasteiger partial charge is 0.134 e. The van der Waals surface area contributed by atoms with Crippen LogP contribution in [0.4, 0.5) is 0 Å². The van der Waals surface area contributed by atoms with E-state index in [0.29, 0.717) is 5.02 Å². The molecule has 3 aromatic rings. The van der Waals surface area contributed by atoms with Crippen LogP contribution in [0.15, 0.2) is 52.9 Å². The molecule has 1 aromatic heterocycles. The Labute approximate surface area is 122 Å². The van der Waals surface area contributed by atoms with Crippen LogP contribution >= 0.6 is 11.6 Å². The molecule has 1 unspecified atom stereocenters. The maximum absolute atomic E-state index is 6.31. The predicted molar refractivity (Wildman–Crippen MR) is 81.6 cm³/mol. The topological polar surface area (TPSA) is 51.2 Å². The number of hydrazine groups is 1. The lowest BCUT2D eigenvalue weighted by Crippen LogP contribution is -2.28. The average molecular weight is 287 g/mol. The Bertz CT molecular complexity index is 718.